The summed E-state index contributed by atoms with van der Waals surface area (Å²) in [5, 5.41) is 5.73. The summed E-state index contributed by atoms with van der Waals surface area (Å²) < 4.78 is 10.5. The van der Waals surface area contributed by atoms with Gasteiger partial charge in [0.2, 0.25) is 0 Å². The van der Waals surface area contributed by atoms with Crippen LogP contribution in [0, 0.1) is 0 Å². The molecule has 2 atom stereocenters. The van der Waals surface area contributed by atoms with Gasteiger partial charge in [-0.1, -0.05) is 18.6 Å². The quantitative estimate of drug-likeness (QED) is 0.734. The number of urea groups is 1. The predicted octanol–water partition coefficient (Wildman–Crippen LogP) is 2.74. The number of ether oxygens (including phenoxy) is 2. The van der Waals surface area contributed by atoms with Crippen LogP contribution in [0.5, 0.6) is 5.75 Å². The standard InChI is InChI=1S/C21H29N3O4/c1-4-28-20(25)18-17(13-24-12-6-5-7-14(24)2)22-21(26)23-19(18)15-8-10-16(27-3)11-9-15/h8-11,14,19H,4-7,12-13H2,1-3H3,(H2,22,23,26)/t14-,19-/m0/s1. The van der Waals surface area contributed by atoms with Crippen molar-refractivity contribution in [1.29, 1.82) is 0 Å². The highest BCUT2D eigenvalue weighted by atomic mass is 16.5. The molecule has 152 valence electrons. The number of amides is 2. The second-order valence-electron chi connectivity index (χ2n) is 7.23. The van der Waals surface area contributed by atoms with Gasteiger partial charge in [-0.2, -0.15) is 0 Å². The lowest BCUT2D eigenvalue weighted by Crippen LogP contribution is -2.50. The van der Waals surface area contributed by atoms with E-state index in [1.807, 2.05) is 24.3 Å². The monoisotopic (exact) mass is 387 g/mol. The molecule has 1 saturated heterocycles. The van der Waals surface area contributed by atoms with E-state index in [9.17, 15) is 9.59 Å². The van der Waals surface area contributed by atoms with Gasteiger partial charge in [0.25, 0.3) is 0 Å². The number of carbonyl (C=O) groups is 2. The van der Waals surface area contributed by atoms with E-state index >= 15 is 0 Å². The van der Waals surface area contributed by atoms with Crippen LogP contribution in [-0.2, 0) is 9.53 Å². The number of hydrogen-bond donors (Lipinski definition) is 2. The van der Waals surface area contributed by atoms with E-state index in [0.29, 0.717) is 29.6 Å². The van der Waals surface area contributed by atoms with Gasteiger partial charge in [0.15, 0.2) is 0 Å². The fraction of sp³-hybridized carbons (Fsp3) is 0.524. The lowest BCUT2D eigenvalue weighted by molar-refractivity contribution is -0.139. The predicted molar refractivity (Wildman–Crippen MR) is 106 cm³/mol. The Hall–Kier alpha value is -2.54. The molecule has 1 fully saturated rings. The second kappa shape index (κ2) is 9.10. The molecule has 0 unspecified atom stereocenters. The van der Waals surface area contributed by atoms with Crippen LogP contribution in [-0.4, -0.2) is 49.7 Å². The van der Waals surface area contributed by atoms with Crippen molar-refractivity contribution in [3.05, 3.63) is 41.1 Å². The minimum absolute atomic E-state index is 0.277. The molecule has 0 spiro atoms. The van der Waals surface area contributed by atoms with E-state index in [1.54, 1.807) is 14.0 Å². The first-order valence-electron chi connectivity index (χ1n) is 9.89. The van der Waals surface area contributed by atoms with Crippen LogP contribution in [0.1, 0.15) is 44.7 Å². The van der Waals surface area contributed by atoms with Gasteiger partial charge < -0.3 is 20.1 Å². The Balaban J connectivity index is 1.98. The number of benzene rings is 1. The van der Waals surface area contributed by atoms with Gasteiger partial charge in [-0.15, -0.1) is 0 Å². The highest BCUT2D eigenvalue weighted by Crippen LogP contribution is 2.30. The molecular formula is C21H29N3O4. The Morgan fingerprint density at radius 1 is 1.25 bits per heavy atom. The zero-order valence-electron chi connectivity index (χ0n) is 16.8. The molecule has 0 radical (unpaired) electrons. The third-order valence-corrected chi connectivity index (χ3v) is 5.40. The molecule has 1 aromatic carbocycles. The number of hydrogen-bond acceptors (Lipinski definition) is 5. The largest absolute Gasteiger partial charge is 0.497 e. The van der Waals surface area contributed by atoms with Gasteiger partial charge in [-0.3, -0.25) is 4.90 Å². The first kappa shape index (κ1) is 20.2. The molecule has 0 bridgehead atoms. The van der Waals surface area contributed by atoms with E-state index in [2.05, 4.69) is 22.5 Å². The van der Waals surface area contributed by atoms with Crippen molar-refractivity contribution < 1.29 is 19.1 Å². The number of likely N-dealkylation sites (tertiary alicyclic amines) is 1. The molecule has 28 heavy (non-hydrogen) atoms. The Morgan fingerprint density at radius 2 is 2.00 bits per heavy atom. The number of nitrogens with one attached hydrogen (secondary N) is 2. The number of piperidine rings is 1. The van der Waals surface area contributed by atoms with E-state index < -0.39 is 12.0 Å². The topological polar surface area (TPSA) is 79.9 Å². The maximum atomic E-state index is 12.8. The molecule has 1 aromatic rings. The molecule has 2 N–H and O–H groups in total. The summed E-state index contributed by atoms with van der Waals surface area (Å²) in [6.45, 7) is 5.72. The maximum absolute atomic E-state index is 12.8. The average Bonchev–Trinajstić information content (AvgIpc) is 2.69. The molecule has 7 nitrogen and oxygen atoms in total. The van der Waals surface area contributed by atoms with Gasteiger partial charge in [0.1, 0.15) is 5.75 Å². The minimum atomic E-state index is -0.561. The summed E-state index contributed by atoms with van der Waals surface area (Å²) in [4.78, 5) is 27.5. The zero-order chi connectivity index (χ0) is 20.1. The molecule has 3 rings (SSSR count). The number of methoxy groups -OCH3 is 1. The summed E-state index contributed by atoms with van der Waals surface area (Å²) in [6.07, 6.45) is 3.46. The SMILES string of the molecule is CCOC(=O)C1=C(CN2CCCC[C@@H]2C)NC(=O)N[C@H]1c1ccc(OC)cc1. The van der Waals surface area contributed by atoms with Crippen molar-refractivity contribution in [2.45, 2.75) is 45.2 Å². The number of nitrogens with zero attached hydrogens (tertiary/aromatic N) is 1. The smallest absolute Gasteiger partial charge is 0.338 e. The van der Waals surface area contributed by atoms with E-state index in [0.717, 1.165) is 24.9 Å². The van der Waals surface area contributed by atoms with Crippen LogP contribution in [0.15, 0.2) is 35.5 Å². The van der Waals surface area contributed by atoms with E-state index in [4.69, 9.17) is 9.47 Å². The molecule has 2 amide bonds. The van der Waals surface area contributed by atoms with Gasteiger partial charge in [0, 0.05) is 18.3 Å². The number of rotatable bonds is 6. The first-order valence-corrected chi connectivity index (χ1v) is 9.89. The zero-order valence-corrected chi connectivity index (χ0v) is 16.8. The van der Waals surface area contributed by atoms with Crippen molar-refractivity contribution in [2.24, 2.45) is 0 Å². The van der Waals surface area contributed by atoms with Crippen LogP contribution in [0.2, 0.25) is 0 Å². The molecule has 2 aliphatic heterocycles. The van der Waals surface area contributed by atoms with E-state index in [1.165, 1.54) is 6.42 Å². The van der Waals surface area contributed by atoms with Crippen molar-refractivity contribution in [1.82, 2.24) is 15.5 Å². The van der Waals surface area contributed by atoms with Crippen molar-refractivity contribution in [2.75, 3.05) is 26.8 Å². The van der Waals surface area contributed by atoms with Crippen LogP contribution >= 0.6 is 0 Å². The van der Waals surface area contributed by atoms with Gasteiger partial charge in [-0.25, -0.2) is 9.59 Å². The highest BCUT2D eigenvalue weighted by molar-refractivity contribution is 5.95. The van der Waals surface area contributed by atoms with Gasteiger partial charge >= 0.3 is 12.0 Å². The summed E-state index contributed by atoms with van der Waals surface area (Å²) in [7, 11) is 1.60. The number of carbonyl (C=O) groups excluding carboxylic acids is 2. The fourth-order valence-electron chi connectivity index (χ4n) is 3.83. The summed E-state index contributed by atoms with van der Waals surface area (Å²) >= 11 is 0. The number of esters is 1. The average molecular weight is 387 g/mol. The fourth-order valence-corrected chi connectivity index (χ4v) is 3.83. The summed E-state index contributed by atoms with van der Waals surface area (Å²) in [5.41, 5.74) is 1.89. The Morgan fingerprint density at radius 3 is 2.64 bits per heavy atom. The van der Waals surface area contributed by atoms with Crippen LogP contribution in [0.3, 0.4) is 0 Å². The second-order valence-corrected chi connectivity index (χ2v) is 7.23. The third-order valence-electron chi connectivity index (χ3n) is 5.40. The first-order chi connectivity index (χ1) is 13.5. The molecule has 0 saturated carbocycles. The highest BCUT2D eigenvalue weighted by Gasteiger charge is 2.35. The van der Waals surface area contributed by atoms with Gasteiger partial charge in [-0.05, 0) is 50.9 Å². The molecule has 7 heteroatoms. The Kier molecular flexibility index (Phi) is 6.57. The molecule has 0 aromatic heterocycles. The molecule has 2 aliphatic rings. The third kappa shape index (κ3) is 4.47. The summed E-state index contributed by atoms with van der Waals surface area (Å²) in [6, 6.07) is 6.89. The Labute approximate surface area is 166 Å². The van der Waals surface area contributed by atoms with Crippen LogP contribution < -0.4 is 15.4 Å². The van der Waals surface area contributed by atoms with E-state index in [-0.39, 0.29) is 12.6 Å². The van der Waals surface area contributed by atoms with Crippen molar-refractivity contribution >= 4 is 12.0 Å². The Bertz CT molecular complexity index is 745. The normalized spacial score (nSPS) is 23.0. The van der Waals surface area contributed by atoms with Gasteiger partial charge in [0.05, 0.1) is 25.3 Å². The minimum Gasteiger partial charge on any atom is -0.497 e. The van der Waals surface area contributed by atoms with Crippen LogP contribution in [0.25, 0.3) is 0 Å². The van der Waals surface area contributed by atoms with Crippen LogP contribution in [0.4, 0.5) is 4.79 Å². The van der Waals surface area contributed by atoms with Crippen molar-refractivity contribution in [3.63, 3.8) is 0 Å². The van der Waals surface area contributed by atoms with Crippen molar-refractivity contribution in [3.8, 4) is 5.75 Å². The molecular weight excluding hydrogens is 358 g/mol. The molecule has 0 aliphatic carbocycles. The molecule has 2 heterocycles. The maximum Gasteiger partial charge on any atom is 0.338 e. The lowest BCUT2D eigenvalue weighted by Gasteiger charge is -2.36. The lowest BCUT2D eigenvalue weighted by atomic mass is 9.94. The summed E-state index contributed by atoms with van der Waals surface area (Å²) in [5.74, 6) is 0.309.